The van der Waals surface area contributed by atoms with Crippen LogP contribution in [0.1, 0.15) is 24.0 Å². The van der Waals surface area contributed by atoms with Crippen molar-refractivity contribution in [3.63, 3.8) is 0 Å². The second kappa shape index (κ2) is 9.45. The number of aryl methyl sites for hydroxylation is 1. The molecule has 8 heteroatoms. The zero-order valence-electron chi connectivity index (χ0n) is 18.5. The molecule has 1 atom stereocenters. The molecule has 1 aliphatic heterocycles. The van der Waals surface area contributed by atoms with E-state index in [4.69, 9.17) is 21.6 Å². The zero-order valence-corrected chi connectivity index (χ0v) is 19.2. The largest absolute Gasteiger partial charge is 0.350 e. The Labute approximate surface area is 197 Å². The van der Waals surface area contributed by atoms with E-state index in [0.29, 0.717) is 34.5 Å². The summed E-state index contributed by atoms with van der Waals surface area (Å²) in [5.74, 6) is 1.47. The predicted molar refractivity (Wildman–Crippen MR) is 130 cm³/mol. The number of rotatable bonds is 6. The molecule has 0 bridgehead atoms. The van der Waals surface area contributed by atoms with Crippen LogP contribution in [0.15, 0.2) is 48.7 Å². The van der Waals surface area contributed by atoms with E-state index in [1.54, 1.807) is 18.3 Å². The number of anilines is 1. The Morgan fingerprint density at radius 2 is 2.06 bits per heavy atom. The lowest BCUT2D eigenvalue weighted by atomic mass is 9.99. The van der Waals surface area contributed by atoms with Crippen molar-refractivity contribution in [1.82, 2.24) is 24.8 Å². The number of aromatic nitrogens is 4. The molecule has 1 aliphatic rings. The van der Waals surface area contributed by atoms with Crippen molar-refractivity contribution in [1.29, 1.82) is 0 Å². The predicted octanol–water partition coefficient (Wildman–Crippen LogP) is 5.21. The van der Waals surface area contributed by atoms with E-state index >= 15 is 0 Å². The molecule has 0 radical (unpaired) electrons. The first-order valence-corrected chi connectivity index (χ1v) is 11.6. The van der Waals surface area contributed by atoms with Gasteiger partial charge in [0.15, 0.2) is 5.65 Å². The molecule has 33 heavy (non-hydrogen) atoms. The third-order valence-electron chi connectivity index (χ3n) is 6.17. The van der Waals surface area contributed by atoms with Crippen molar-refractivity contribution in [2.24, 2.45) is 5.92 Å². The summed E-state index contributed by atoms with van der Waals surface area (Å²) < 4.78 is 16.2. The highest BCUT2D eigenvalue weighted by molar-refractivity contribution is 6.33. The molecular formula is C25H26ClFN6. The van der Waals surface area contributed by atoms with Gasteiger partial charge in [0.2, 0.25) is 5.95 Å². The first-order valence-electron chi connectivity index (χ1n) is 11.3. The molecule has 0 unspecified atom stereocenters. The fourth-order valence-electron chi connectivity index (χ4n) is 4.44. The number of halogens is 2. The summed E-state index contributed by atoms with van der Waals surface area (Å²) in [4.78, 5) is 14.1. The van der Waals surface area contributed by atoms with Gasteiger partial charge in [-0.05, 0) is 56.5 Å². The molecule has 1 fully saturated rings. The molecule has 0 amide bonds. The first-order chi connectivity index (χ1) is 16.1. The maximum absolute atomic E-state index is 14.0. The molecule has 2 aromatic heterocycles. The number of fused-ring (bicyclic) bond motifs is 1. The zero-order chi connectivity index (χ0) is 22.8. The minimum absolute atomic E-state index is 0.252. The Morgan fingerprint density at radius 1 is 1.18 bits per heavy atom. The standard InChI is InChI=1S/C25H26ClFN6/c1-16-6-4-9-19(26)22(16)24-31-21-14-30-25(29-13-18-8-2-3-10-20(18)27)32-23(21)33(24)15-17-7-5-11-28-12-17/h2-4,6,8-10,14,17,28H,5,7,11-13,15H2,1H3,(H,29,30,32)/t17-/m1/s1. The highest BCUT2D eigenvalue weighted by atomic mass is 35.5. The monoisotopic (exact) mass is 464 g/mol. The summed E-state index contributed by atoms with van der Waals surface area (Å²) >= 11 is 6.62. The SMILES string of the molecule is Cc1cccc(Cl)c1-c1nc2cnc(NCc3ccccc3F)nc2n1C[C@@H]1CCCNC1. The molecule has 2 aromatic carbocycles. The van der Waals surface area contributed by atoms with Crippen LogP contribution in [0.25, 0.3) is 22.6 Å². The highest BCUT2D eigenvalue weighted by Crippen LogP contribution is 2.33. The van der Waals surface area contributed by atoms with Gasteiger partial charge in [-0.15, -0.1) is 0 Å². The Kier molecular flexibility index (Phi) is 6.24. The lowest BCUT2D eigenvalue weighted by Gasteiger charge is -2.24. The molecule has 0 aliphatic carbocycles. The van der Waals surface area contributed by atoms with Gasteiger partial charge in [-0.3, -0.25) is 0 Å². The van der Waals surface area contributed by atoms with Crippen LogP contribution in [0.3, 0.4) is 0 Å². The molecule has 3 heterocycles. The summed E-state index contributed by atoms with van der Waals surface area (Å²) in [6.07, 6.45) is 4.02. The minimum Gasteiger partial charge on any atom is -0.350 e. The quantitative estimate of drug-likeness (QED) is 0.410. The van der Waals surface area contributed by atoms with Crippen molar-refractivity contribution in [2.45, 2.75) is 32.9 Å². The fourth-order valence-corrected chi connectivity index (χ4v) is 4.74. The number of piperidine rings is 1. The van der Waals surface area contributed by atoms with Crippen LogP contribution in [0.5, 0.6) is 0 Å². The lowest BCUT2D eigenvalue weighted by Crippen LogP contribution is -2.32. The Hall–Kier alpha value is -3.03. The van der Waals surface area contributed by atoms with Crippen LogP contribution in [0, 0.1) is 18.7 Å². The lowest BCUT2D eigenvalue weighted by molar-refractivity contribution is 0.341. The highest BCUT2D eigenvalue weighted by Gasteiger charge is 2.22. The van der Waals surface area contributed by atoms with E-state index in [1.165, 1.54) is 6.07 Å². The van der Waals surface area contributed by atoms with Crippen molar-refractivity contribution in [2.75, 3.05) is 18.4 Å². The number of hydrogen-bond donors (Lipinski definition) is 2. The van der Waals surface area contributed by atoms with Gasteiger partial charge in [0.1, 0.15) is 17.2 Å². The molecule has 1 saturated heterocycles. The summed E-state index contributed by atoms with van der Waals surface area (Å²) in [6, 6.07) is 12.6. The van der Waals surface area contributed by atoms with Gasteiger partial charge in [0.25, 0.3) is 0 Å². The normalized spacial score (nSPS) is 16.3. The molecular weight excluding hydrogens is 439 g/mol. The Balaban J connectivity index is 1.55. The molecule has 5 rings (SSSR count). The molecule has 2 N–H and O–H groups in total. The Bertz CT molecular complexity index is 1260. The summed E-state index contributed by atoms with van der Waals surface area (Å²) in [7, 11) is 0. The number of imidazole rings is 1. The number of nitrogens with zero attached hydrogens (tertiary/aromatic N) is 4. The maximum atomic E-state index is 14.0. The maximum Gasteiger partial charge on any atom is 0.225 e. The topological polar surface area (TPSA) is 67.7 Å². The van der Waals surface area contributed by atoms with Gasteiger partial charge in [-0.25, -0.2) is 14.4 Å². The smallest absolute Gasteiger partial charge is 0.225 e. The summed E-state index contributed by atoms with van der Waals surface area (Å²) in [5.41, 5.74) is 4.01. The van der Waals surface area contributed by atoms with E-state index in [0.717, 1.165) is 55.1 Å². The van der Waals surface area contributed by atoms with Gasteiger partial charge >= 0.3 is 0 Å². The molecule has 170 valence electrons. The van der Waals surface area contributed by atoms with E-state index < -0.39 is 0 Å². The van der Waals surface area contributed by atoms with E-state index in [9.17, 15) is 4.39 Å². The number of nitrogens with one attached hydrogen (secondary N) is 2. The molecule has 0 saturated carbocycles. The van der Waals surface area contributed by atoms with E-state index in [-0.39, 0.29) is 5.82 Å². The van der Waals surface area contributed by atoms with Crippen LogP contribution in [-0.2, 0) is 13.1 Å². The van der Waals surface area contributed by atoms with Crippen molar-refractivity contribution >= 4 is 28.7 Å². The van der Waals surface area contributed by atoms with Crippen LogP contribution in [0.2, 0.25) is 5.02 Å². The second-order valence-electron chi connectivity index (χ2n) is 8.54. The summed E-state index contributed by atoms with van der Waals surface area (Å²) in [6.45, 7) is 5.15. The van der Waals surface area contributed by atoms with Crippen LogP contribution in [-0.4, -0.2) is 32.6 Å². The Morgan fingerprint density at radius 3 is 2.85 bits per heavy atom. The molecule has 4 aromatic rings. The van der Waals surface area contributed by atoms with Gasteiger partial charge in [0.05, 0.1) is 11.2 Å². The van der Waals surface area contributed by atoms with Crippen molar-refractivity contribution < 1.29 is 4.39 Å². The van der Waals surface area contributed by atoms with Crippen molar-refractivity contribution in [3.05, 3.63) is 70.6 Å². The van der Waals surface area contributed by atoms with Crippen molar-refractivity contribution in [3.8, 4) is 11.4 Å². The second-order valence-corrected chi connectivity index (χ2v) is 8.94. The van der Waals surface area contributed by atoms with Crippen LogP contribution >= 0.6 is 11.6 Å². The average Bonchev–Trinajstić information content (AvgIpc) is 3.16. The van der Waals surface area contributed by atoms with Crippen LogP contribution < -0.4 is 10.6 Å². The van der Waals surface area contributed by atoms with Gasteiger partial charge in [0, 0.05) is 24.2 Å². The minimum atomic E-state index is -0.252. The summed E-state index contributed by atoms with van der Waals surface area (Å²) in [5, 5.41) is 7.31. The number of benzene rings is 2. The average molecular weight is 465 g/mol. The third-order valence-corrected chi connectivity index (χ3v) is 6.48. The van der Waals surface area contributed by atoms with Gasteiger partial charge in [-0.1, -0.05) is 41.9 Å². The van der Waals surface area contributed by atoms with E-state index in [1.807, 2.05) is 31.2 Å². The molecule has 6 nitrogen and oxygen atoms in total. The van der Waals surface area contributed by atoms with E-state index in [2.05, 4.69) is 20.2 Å². The van der Waals surface area contributed by atoms with Gasteiger partial charge in [-0.2, -0.15) is 4.98 Å². The van der Waals surface area contributed by atoms with Gasteiger partial charge < -0.3 is 15.2 Å². The fraction of sp³-hybridized carbons (Fsp3) is 0.320. The molecule has 0 spiro atoms. The first kappa shape index (κ1) is 21.8. The van der Waals surface area contributed by atoms with Crippen LogP contribution in [0.4, 0.5) is 10.3 Å². The third kappa shape index (κ3) is 4.56. The number of hydrogen-bond acceptors (Lipinski definition) is 5.